The summed E-state index contributed by atoms with van der Waals surface area (Å²) in [5, 5.41) is 17.9. The Kier molecular flexibility index (Phi) is 3.20. The van der Waals surface area contributed by atoms with Crippen LogP contribution in [0, 0.1) is 17.1 Å². The number of nitriles is 1. The first-order valence-corrected chi connectivity index (χ1v) is 4.74. The predicted octanol–water partition coefficient (Wildman–Crippen LogP) is 1.98. The molecule has 1 aromatic carbocycles. The molecular weight excluding hydrogens is 253 g/mol. The van der Waals surface area contributed by atoms with Crippen LogP contribution in [0.1, 0.15) is 15.9 Å². The van der Waals surface area contributed by atoms with E-state index in [1.807, 2.05) is 0 Å². The highest BCUT2D eigenvalue weighted by molar-refractivity contribution is 9.09. The van der Waals surface area contributed by atoms with Crippen LogP contribution in [0.5, 0.6) is 5.75 Å². The molecular formula is C9H5BrFNO2. The maximum Gasteiger partial charge on any atom is 0.178 e. The minimum Gasteiger partial charge on any atom is -0.507 e. The second-order valence-electron chi connectivity index (χ2n) is 2.52. The smallest absolute Gasteiger partial charge is 0.178 e. The summed E-state index contributed by atoms with van der Waals surface area (Å²) >= 11 is 2.90. The fourth-order valence-electron chi connectivity index (χ4n) is 1.04. The monoisotopic (exact) mass is 257 g/mol. The van der Waals surface area contributed by atoms with Gasteiger partial charge in [-0.3, -0.25) is 4.79 Å². The number of Topliss-reactive ketones (excluding diaryl/α,β-unsaturated/α-hetero) is 1. The predicted molar refractivity (Wildman–Crippen MR) is 50.9 cm³/mol. The van der Waals surface area contributed by atoms with Crippen LogP contribution in [-0.2, 0) is 0 Å². The molecule has 0 spiro atoms. The van der Waals surface area contributed by atoms with E-state index in [4.69, 9.17) is 5.26 Å². The largest absolute Gasteiger partial charge is 0.507 e. The summed E-state index contributed by atoms with van der Waals surface area (Å²) in [6.45, 7) is 0. The zero-order valence-electron chi connectivity index (χ0n) is 6.92. The second kappa shape index (κ2) is 4.20. The maximum absolute atomic E-state index is 12.7. The first-order chi connectivity index (χ1) is 6.60. The van der Waals surface area contributed by atoms with E-state index in [1.165, 1.54) is 0 Å². The van der Waals surface area contributed by atoms with Gasteiger partial charge in [-0.15, -0.1) is 0 Å². The van der Waals surface area contributed by atoms with Crippen molar-refractivity contribution in [3.05, 3.63) is 29.1 Å². The highest BCUT2D eigenvalue weighted by Crippen LogP contribution is 2.23. The molecule has 0 amide bonds. The van der Waals surface area contributed by atoms with Gasteiger partial charge in [-0.2, -0.15) is 5.26 Å². The van der Waals surface area contributed by atoms with E-state index in [9.17, 15) is 14.3 Å². The number of rotatable bonds is 2. The van der Waals surface area contributed by atoms with Crippen molar-refractivity contribution in [3.8, 4) is 11.8 Å². The molecule has 14 heavy (non-hydrogen) atoms. The van der Waals surface area contributed by atoms with Gasteiger partial charge in [0.25, 0.3) is 0 Å². The van der Waals surface area contributed by atoms with Gasteiger partial charge in [-0.25, -0.2) is 4.39 Å². The average molecular weight is 258 g/mol. The average Bonchev–Trinajstić information content (AvgIpc) is 2.15. The third-order valence-electron chi connectivity index (χ3n) is 1.60. The number of benzene rings is 1. The molecule has 3 nitrogen and oxygen atoms in total. The van der Waals surface area contributed by atoms with E-state index in [0.717, 1.165) is 12.1 Å². The van der Waals surface area contributed by atoms with Crippen LogP contribution < -0.4 is 0 Å². The number of aromatic hydroxyl groups is 1. The Morgan fingerprint density at radius 3 is 2.79 bits per heavy atom. The molecule has 0 saturated carbocycles. The lowest BCUT2D eigenvalue weighted by Gasteiger charge is -2.03. The third kappa shape index (κ3) is 1.91. The van der Waals surface area contributed by atoms with Crippen LogP contribution >= 0.6 is 15.9 Å². The number of hydrogen-bond donors (Lipinski definition) is 1. The first kappa shape index (κ1) is 10.7. The summed E-state index contributed by atoms with van der Waals surface area (Å²) in [6.07, 6.45) is 0. The number of phenolic OH excluding ortho intramolecular Hbond substituents is 1. The van der Waals surface area contributed by atoms with E-state index in [1.54, 1.807) is 6.07 Å². The summed E-state index contributed by atoms with van der Waals surface area (Å²) in [4.78, 5) is 11.2. The molecule has 0 aliphatic carbocycles. The number of alkyl halides is 1. The van der Waals surface area contributed by atoms with Crippen molar-refractivity contribution in [3.63, 3.8) is 0 Å². The fourth-order valence-corrected chi connectivity index (χ4v) is 1.32. The quantitative estimate of drug-likeness (QED) is 0.651. The number of carbonyl (C=O) groups excluding carboxylic acids is 1. The molecule has 0 fully saturated rings. The lowest BCUT2D eigenvalue weighted by Crippen LogP contribution is -2.04. The molecule has 0 aliphatic rings. The van der Waals surface area contributed by atoms with Gasteiger partial charge < -0.3 is 5.11 Å². The van der Waals surface area contributed by atoms with Crippen molar-refractivity contribution in [2.75, 3.05) is 5.33 Å². The van der Waals surface area contributed by atoms with Crippen molar-refractivity contribution in [2.45, 2.75) is 0 Å². The molecule has 1 rings (SSSR count). The van der Waals surface area contributed by atoms with E-state index < -0.39 is 17.3 Å². The zero-order valence-corrected chi connectivity index (χ0v) is 8.51. The van der Waals surface area contributed by atoms with Crippen molar-refractivity contribution in [1.82, 2.24) is 0 Å². The van der Waals surface area contributed by atoms with Crippen LogP contribution in [0.25, 0.3) is 0 Å². The molecule has 0 aromatic heterocycles. The lowest BCUT2D eigenvalue weighted by atomic mass is 10.0. The number of carbonyl (C=O) groups is 1. The molecule has 0 radical (unpaired) electrons. The van der Waals surface area contributed by atoms with Gasteiger partial charge in [0.05, 0.1) is 16.5 Å². The molecule has 0 heterocycles. The Balaban J connectivity index is 3.42. The van der Waals surface area contributed by atoms with E-state index in [-0.39, 0.29) is 16.5 Å². The summed E-state index contributed by atoms with van der Waals surface area (Å²) < 4.78 is 12.7. The van der Waals surface area contributed by atoms with Crippen molar-refractivity contribution in [2.24, 2.45) is 0 Å². The molecule has 0 atom stereocenters. The molecule has 1 aromatic rings. The molecule has 0 bridgehead atoms. The molecule has 0 aliphatic heterocycles. The van der Waals surface area contributed by atoms with E-state index in [2.05, 4.69) is 15.9 Å². The van der Waals surface area contributed by atoms with Crippen LogP contribution in [0.4, 0.5) is 4.39 Å². The summed E-state index contributed by atoms with van der Waals surface area (Å²) in [5.74, 6) is -1.71. The number of hydrogen-bond acceptors (Lipinski definition) is 3. The second-order valence-corrected chi connectivity index (χ2v) is 3.08. The highest BCUT2D eigenvalue weighted by atomic mass is 79.9. The summed E-state index contributed by atoms with van der Waals surface area (Å²) in [7, 11) is 0. The first-order valence-electron chi connectivity index (χ1n) is 3.62. The molecule has 1 N–H and O–H groups in total. The highest BCUT2D eigenvalue weighted by Gasteiger charge is 2.16. The SMILES string of the molecule is N#Cc1cc(F)cc(O)c1C(=O)CBr. The van der Waals surface area contributed by atoms with Gasteiger partial charge in [0.15, 0.2) is 5.78 Å². The number of phenols is 1. The summed E-state index contributed by atoms with van der Waals surface area (Å²) in [6, 6.07) is 3.37. The van der Waals surface area contributed by atoms with Crippen molar-refractivity contribution in [1.29, 1.82) is 5.26 Å². The normalized spacial score (nSPS) is 9.50. The van der Waals surface area contributed by atoms with Crippen LogP contribution in [-0.4, -0.2) is 16.2 Å². The molecule has 72 valence electrons. The number of ketones is 1. The topological polar surface area (TPSA) is 61.1 Å². The van der Waals surface area contributed by atoms with Crippen LogP contribution in [0.15, 0.2) is 12.1 Å². The fraction of sp³-hybridized carbons (Fsp3) is 0.111. The molecule has 0 unspecified atom stereocenters. The van der Waals surface area contributed by atoms with Crippen molar-refractivity contribution < 1.29 is 14.3 Å². The Labute approximate surface area is 87.9 Å². The molecule has 0 saturated heterocycles. The lowest BCUT2D eigenvalue weighted by molar-refractivity contribution is 0.102. The number of nitrogens with zero attached hydrogens (tertiary/aromatic N) is 1. The van der Waals surface area contributed by atoms with Crippen molar-refractivity contribution >= 4 is 21.7 Å². The van der Waals surface area contributed by atoms with E-state index >= 15 is 0 Å². The van der Waals surface area contributed by atoms with Crippen LogP contribution in [0.2, 0.25) is 0 Å². The van der Waals surface area contributed by atoms with Gasteiger partial charge in [-0.1, -0.05) is 15.9 Å². The Morgan fingerprint density at radius 2 is 2.29 bits per heavy atom. The minimum absolute atomic E-state index is 0.0269. The number of halogens is 2. The van der Waals surface area contributed by atoms with E-state index in [0.29, 0.717) is 0 Å². The Morgan fingerprint density at radius 1 is 1.64 bits per heavy atom. The Hall–Kier alpha value is -1.41. The minimum atomic E-state index is -0.745. The zero-order chi connectivity index (χ0) is 10.7. The standard InChI is InChI=1S/C9H5BrFNO2/c10-3-8(14)9-5(4-12)1-6(11)2-7(9)13/h1-2,13H,3H2. The third-order valence-corrected chi connectivity index (χ3v) is 2.11. The molecule has 5 heteroatoms. The maximum atomic E-state index is 12.7. The Bertz CT molecular complexity index is 426. The van der Waals surface area contributed by atoms with Gasteiger partial charge in [0.1, 0.15) is 17.6 Å². The van der Waals surface area contributed by atoms with Gasteiger partial charge in [0.2, 0.25) is 0 Å². The summed E-state index contributed by atoms with van der Waals surface area (Å²) in [5.41, 5.74) is -0.308. The van der Waals surface area contributed by atoms with Gasteiger partial charge >= 0.3 is 0 Å². The van der Waals surface area contributed by atoms with Crippen LogP contribution in [0.3, 0.4) is 0 Å². The van der Waals surface area contributed by atoms with Gasteiger partial charge in [0, 0.05) is 6.07 Å². The van der Waals surface area contributed by atoms with Gasteiger partial charge in [-0.05, 0) is 6.07 Å².